The number of carbonyl (C=O) groups is 6. The molecular weight excluding hydrogens is 862 g/mol. The molecule has 1 unspecified atom stereocenters. The Bertz CT molecular complexity index is 1400. The zero-order valence-electron chi connectivity index (χ0n) is 42.5. The lowest BCUT2D eigenvalue weighted by Gasteiger charge is -2.46. The molecule has 66 heavy (non-hydrogen) atoms. The quantitative estimate of drug-likeness (QED) is 0.0153. The number of likely N-dealkylation sites (N-methyl/N-ethyl adjacent to an activating group) is 1. The van der Waals surface area contributed by atoms with E-state index in [0.717, 1.165) is 51.4 Å². The molecule has 1 saturated carbocycles. The van der Waals surface area contributed by atoms with Crippen LogP contribution in [0.4, 0.5) is 0 Å². The second kappa shape index (κ2) is 36.6. The van der Waals surface area contributed by atoms with Crippen LogP contribution >= 0.6 is 7.82 Å². The molecule has 0 spiro atoms. The number of unbranched alkanes of at least 4 members (excludes halogenated alkanes) is 27. The molecule has 0 heterocycles. The maximum absolute atomic E-state index is 14.9. The third-order valence-corrected chi connectivity index (χ3v) is 13.8. The number of nitrogens with zero attached hydrogens (tertiary/aromatic N) is 1. The van der Waals surface area contributed by atoms with E-state index < -0.39 is 54.9 Å². The van der Waals surface area contributed by atoms with Gasteiger partial charge in [-0.15, -0.1) is 0 Å². The second-order valence-corrected chi connectivity index (χ2v) is 21.4. The van der Waals surface area contributed by atoms with Gasteiger partial charge in [-0.25, -0.2) is 4.57 Å². The van der Waals surface area contributed by atoms with Crippen LogP contribution in [0.25, 0.3) is 0 Å². The van der Waals surface area contributed by atoms with Crippen LogP contribution in [-0.4, -0.2) is 97.1 Å². The van der Waals surface area contributed by atoms with Crippen LogP contribution in [-0.2, 0) is 51.9 Å². The van der Waals surface area contributed by atoms with E-state index in [0.29, 0.717) is 43.0 Å². The average Bonchev–Trinajstić information content (AvgIpc) is 3.26. The molecule has 0 amide bonds. The molecule has 1 fully saturated rings. The van der Waals surface area contributed by atoms with Crippen LogP contribution in [0.2, 0.25) is 0 Å². The molecule has 0 aliphatic heterocycles. The number of quaternary nitrogens is 1. The van der Waals surface area contributed by atoms with E-state index in [2.05, 4.69) is 13.8 Å². The maximum atomic E-state index is 14.9. The normalized spacial score (nSPS) is 15.8. The molecule has 0 aromatic rings. The van der Waals surface area contributed by atoms with Crippen molar-refractivity contribution < 1.29 is 61.2 Å². The van der Waals surface area contributed by atoms with Crippen molar-refractivity contribution in [3.63, 3.8) is 0 Å². The number of esters is 2. The van der Waals surface area contributed by atoms with Crippen molar-refractivity contribution in [3.05, 3.63) is 0 Å². The average molecular weight is 957 g/mol. The number of hydrogen-bond donors (Lipinski definition) is 1. The molecule has 13 nitrogen and oxygen atoms in total. The number of phosphoric acid groups is 1. The van der Waals surface area contributed by atoms with Crippen molar-refractivity contribution >= 4 is 43.4 Å². The molecule has 14 heteroatoms. The molecule has 0 radical (unpaired) electrons. The molecule has 1 aliphatic carbocycles. The predicted octanol–water partition coefficient (Wildman–Crippen LogP) is 12.4. The molecule has 0 bridgehead atoms. The van der Waals surface area contributed by atoms with E-state index in [9.17, 15) is 38.2 Å². The zero-order chi connectivity index (χ0) is 49.0. The summed E-state index contributed by atoms with van der Waals surface area (Å²) in [5.41, 5.74) is -5.88. The van der Waals surface area contributed by atoms with Crippen molar-refractivity contribution in [2.45, 2.75) is 256 Å². The van der Waals surface area contributed by atoms with Gasteiger partial charge in [0.15, 0.2) is 17.3 Å². The maximum Gasteiger partial charge on any atom is 0.472 e. The molecule has 1 N–H and O–H groups in total. The van der Waals surface area contributed by atoms with Crippen molar-refractivity contribution in [2.24, 2.45) is 0 Å². The number of hydrogen-bond acceptors (Lipinski definition) is 11. The van der Waals surface area contributed by atoms with Crippen LogP contribution in [0.3, 0.4) is 0 Å². The van der Waals surface area contributed by atoms with Crippen LogP contribution in [0.15, 0.2) is 0 Å². The predicted molar refractivity (Wildman–Crippen MR) is 261 cm³/mol. The van der Waals surface area contributed by atoms with E-state index >= 15 is 0 Å². The third-order valence-electron chi connectivity index (χ3n) is 12.8. The smallest absolute Gasteiger partial charge is 0.443 e. The molecule has 0 aromatic carbocycles. The summed E-state index contributed by atoms with van der Waals surface area (Å²) in [6, 6.07) is 0. The van der Waals surface area contributed by atoms with Crippen LogP contribution in [0, 0.1) is 0 Å². The van der Waals surface area contributed by atoms with Gasteiger partial charge < -0.3 is 23.6 Å². The van der Waals surface area contributed by atoms with Gasteiger partial charge in [0.2, 0.25) is 5.60 Å². The Hall–Kier alpha value is -2.31. The number of Topliss-reactive ketones (excluding diaryl/α,β-unsaturated/α-hetero) is 3. The summed E-state index contributed by atoms with van der Waals surface area (Å²) in [6.07, 6.45) is 29.9. The van der Waals surface area contributed by atoms with Crippen LogP contribution in [0.1, 0.15) is 245 Å². The van der Waals surface area contributed by atoms with E-state index in [1.54, 1.807) is 0 Å². The number of rotatable bonds is 45. The van der Waals surface area contributed by atoms with Gasteiger partial charge in [-0.2, -0.15) is 0 Å². The highest BCUT2D eigenvalue weighted by molar-refractivity contribution is 7.47. The lowest BCUT2D eigenvalue weighted by Crippen LogP contribution is -2.73. The number of ether oxygens (including phenoxy) is 2. The minimum atomic E-state index is -5.01. The second-order valence-electron chi connectivity index (χ2n) is 19.9. The first-order valence-electron chi connectivity index (χ1n) is 26.5. The van der Waals surface area contributed by atoms with Gasteiger partial charge in [-0.3, -0.25) is 33.0 Å². The highest BCUT2D eigenvalue weighted by Gasteiger charge is 2.71. The fourth-order valence-electron chi connectivity index (χ4n) is 8.68. The summed E-state index contributed by atoms with van der Waals surface area (Å²) in [4.78, 5) is 93.1. The monoisotopic (exact) mass is 957 g/mol. The Kier molecular flexibility index (Phi) is 34.3. The van der Waals surface area contributed by atoms with Gasteiger partial charge in [0.25, 0.3) is 5.60 Å². The first-order chi connectivity index (χ1) is 31.6. The largest absolute Gasteiger partial charge is 0.472 e. The topological polar surface area (TPSA) is 177 Å². The molecule has 0 aromatic heterocycles. The minimum Gasteiger partial charge on any atom is -0.443 e. The lowest BCUT2D eigenvalue weighted by molar-refractivity contribution is -0.870. The van der Waals surface area contributed by atoms with Crippen LogP contribution < -0.4 is 0 Å². The van der Waals surface area contributed by atoms with Gasteiger partial charge in [0.05, 0.1) is 21.1 Å². The van der Waals surface area contributed by atoms with Gasteiger partial charge >= 0.3 is 19.8 Å². The van der Waals surface area contributed by atoms with E-state index in [4.69, 9.17) is 18.5 Å². The van der Waals surface area contributed by atoms with E-state index in [1.807, 2.05) is 21.1 Å². The fraction of sp³-hybridized carbons (Fsp3) is 0.885. The number of aldehydes is 1. The van der Waals surface area contributed by atoms with E-state index in [1.165, 1.54) is 103 Å². The summed E-state index contributed by atoms with van der Waals surface area (Å²) in [7, 11) is 0.559. The molecule has 2 atom stereocenters. The van der Waals surface area contributed by atoms with Crippen molar-refractivity contribution in [2.75, 3.05) is 40.9 Å². The number of ketones is 3. The lowest BCUT2D eigenvalue weighted by atomic mass is 9.68. The highest BCUT2D eigenvalue weighted by atomic mass is 31.2. The van der Waals surface area contributed by atoms with E-state index in [-0.39, 0.29) is 58.0 Å². The highest BCUT2D eigenvalue weighted by Crippen LogP contribution is 2.48. The first-order valence-corrected chi connectivity index (χ1v) is 28.0. The zero-order valence-corrected chi connectivity index (χ0v) is 43.4. The number of carbonyl (C=O) groups excluding carboxylic acids is 6. The molecule has 0 saturated heterocycles. The Balaban J connectivity index is 3.25. The summed E-state index contributed by atoms with van der Waals surface area (Å²) in [6.45, 7) is 3.29. The minimum absolute atomic E-state index is 0.00520. The molecular formula is C52H95NO12P+. The molecule has 1 aliphatic rings. The van der Waals surface area contributed by atoms with Crippen LogP contribution in [0.5, 0.6) is 0 Å². The summed E-state index contributed by atoms with van der Waals surface area (Å²) in [5.74, 6) is -4.78. The van der Waals surface area contributed by atoms with Gasteiger partial charge in [0.1, 0.15) is 26.0 Å². The van der Waals surface area contributed by atoms with Gasteiger partial charge in [-0.05, 0) is 25.7 Å². The molecule has 1 rings (SSSR count). The standard InChI is InChI=1S/C52H94NO12P/c1-6-8-10-12-14-16-18-20-21-23-24-26-28-30-32-37-46(55)51(64-49(58)41-34-35-43-54,45-63-66(60,61)62-44-42-53(3,4)5)52(47(56)38-36-39-48(52)57)65-50(59)40-33-31-29-27-25-22-19-17-15-13-11-9-7-2/h43H,6-42,44-45H2,1-5H3/p+1/t51-/m1/s1. The Morgan fingerprint density at radius 1 is 0.606 bits per heavy atom. The molecule has 384 valence electrons. The van der Waals surface area contributed by atoms with Crippen molar-refractivity contribution in [1.82, 2.24) is 0 Å². The number of phosphoric ester groups is 1. The SMILES string of the molecule is CCCCCCCCCCCCCCCCCC(=O)[C@@](COP(=O)(O)OCC[N+](C)(C)C)(OC(=O)CCCC=O)C1(OC(=O)CCCCCCCCCCCCCCC)C(=O)CCCC1=O. The van der Waals surface area contributed by atoms with Crippen molar-refractivity contribution in [1.29, 1.82) is 0 Å². The Morgan fingerprint density at radius 2 is 1.00 bits per heavy atom. The fourth-order valence-corrected chi connectivity index (χ4v) is 9.41. The summed E-state index contributed by atoms with van der Waals surface area (Å²) < 4.78 is 36.4. The van der Waals surface area contributed by atoms with Gasteiger partial charge in [0, 0.05) is 38.5 Å². The Morgan fingerprint density at radius 3 is 1.41 bits per heavy atom. The summed E-state index contributed by atoms with van der Waals surface area (Å²) >= 11 is 0. The first kappa shape index (κ1) is 61.7. The van der Waals surface area contributed by atoms with Gasteiger partial charge in [-0.1, -0.05) is 181 Å². The summed E-state index contributed by atoms with van der Waals surface area (Å²) in [5, 5.41) is 0. The Labute approximate surface area is 400 Å². The third kappa shape index (κ3) is 26.4. The van der Waals surface area contributed by atoms with Crippen molar-refractivity contribution in [3.8, 4) is 0 Å².